The van der Waals surface area contributed by atoms with Gasteiger partial charge in [0.15, 0.2) is 0 Å². The first-order valence-electron chi connectivity index (χ1n) is 9.69. The average molecular weight is 475 g/mol. The Morgan fingerprint density at radius 2 is 1.83 bits per heavy atom. The SMILES string of the molecule is O=C(O)[C@H](Cc1ccccc1Br)NC(=O)[C@H]1CCCN1C(=O)OCc1ccccc1. The fourth-order valence-electron chi connectivity index (χ4n) is 3.41. The van der Waals surface area contributed by atoms with E-state index in [2.05, 4.69) is 21.2 Å². The molecule has 0 aliphatic carbocycles. The number of likely N-dealkylation sites (tertiary alicyclic amines) is 1. The number of halogens is 1. The summed E-state index contributed by atoms with van der Waals surface area (Å²) >= 11 is 3.40. The Morgan fingerprint density at radius 1 is 1.13 bits per heavy atom. The molecule has 0 saturated carbocycles. The van der Waals surface area contributed by atoms with Gasteiger partial charge in [-0.3, -0.25) is 9.69 Å². The quantitative estimate of drug-likeness (QED) is 0.641. The van der Waals surface area contributed by atoms with Crippen LogP contribution in [0, 0.1) is 0 Å². The zero-order valence-corrected chi connectivity index (χ0v) is 17.9. The number of nitrogens with zero attached hydrogens (tertiary/aromatic N) is 1. The van der Waals surface area contributed by atoms with Crippen molar-refractivity contribution < 1.29 is 24.2 Å². The molecule has 2 amide bonds. The van der Waals surface area contributed by atoms with Crippen LogP contribution in [-0.4, -0.2) is 46.6 Å². The number of carboxylic acid groups (broad SMARTS) is 1. The van der Waals surface area contributed by atoms with E-state index in [1.807, 2.05) is 48.5 Å². The maximum atomic E-state index is 12.8. The van der Waals surface area contributed by atoms with Crippen molar-refractivity contribution >= 4 is 33.9 Å². The monoisotopic (exact) mass is 474 g/mol. The minimum Gasteiger partial charge on any atom is -0.480 e. The van der Waals surface area contributed by atoms with Crippen molar-refractivity contribution in [3.05, 3.63) is 70.2 Å². The Hall–Kier alpha value is -2.87. The van der Waals surface area contributed by atoms with Crippen molar-refractivity contribution in [3.8, 4) is 0 Å². The van der Waals surface area contributed by atoms with Crippen molar-refractivity contribution in [2.24, 2.45) is 0 Å². The second-order valence-electron chi connectivity index (χ2n) is 7.09. The molecule has 2 N–H and O–H groups in total. The highest BCUT2D eigenvalue weighted by Crippen LogP contribution is 2.21. The summed E-state index contributed by atoms with van der Waals surface area (Å²) in [6, 6.07) is 14.7. The fourth-order valence-corrected chi connectivity index (χ4v) is 3.86. The van der Waals surface area contributed by atoms with Gasteiger partial charge in [0.05, 0.1) is 0 Å². The van der Waals surface area contributed by atoms with Gasteiger partial charge in [-0.1, -0.05) is 64.5 Å². The Bertz CT molecular complexity index is 905. The van der Waals surface area contributed by atoms with E-state index in [0.29, 0.717) is 19.4 Å². The second-order valence-corrected chi connectivity index (χ2v) is 7.94. The van der Waals surface area contributed by atoms with Crippen LogP contribution in [0.15, 0.2) is 59.1 Å². The minimum absolute atomic E-state index is 0.115. The number of hydrogen-bond acceptors (Lipinski definition) is 4. The topological polar surface area (TPSA) is 95.9 Å². The van der Waals surface area contributed by atoms with Crippen LogP contribution in [0.2, 0.25) is 0 Å². The molecule has 1 aliphatic rings. The molecule has 30 heavy (non-hydrogen) atoms. The molecule has 0 spiro atoms. The second kappa shape index (κ2) is 10.2. The number of aliphatic carboxylic acids is 1. The molecule has 1 heterocycles. The van der Waals surface area contributed by atoms with Crippen LogP contribution in [-0.2, 0) is 27.4 Å². The Morgan fingerprint density at radius 3 is 2.53 bits per heavy atom. The molecular weight excluding hydrogens is 452 g/mol. The van der Waals surface area contributed by atoms with Gasteiger partial charge < -0.3 is 15.2 Å². The third kappa shape index (κ3) is 5.60. The Balaban J connectivity index is 1.61. The summed E-state index contributed by atoms with van der Waals surface area (Å²) in [7, 11) is 0. The van der Waals surface area contributed by atoms with Gasteiger partial charge in [-0.25, -0.2) is 9.59 Å². The number of carbonyl (C=O) groups is 3. The Labute approximate surface area is 183 Å². The lowest BCUT2D eigenvalue weighted by molar-refractivity contribution is -0.142. The molecule has 2 aromatic carbocycles. The summed E-state index contributed by atoms with van der Waals surface area (Å²) in [5.41, 5.74) is 1.63. The van der Waals surface area contributed by atoms with Gasteiger partial charge in [0, 0.05) is 17.4 Å². The molecule has 1 fully saturated rings. The lowest BCUT2D eigenvalue weighted by Crippen LogP contribution is -2.51. The summed E-state index contributed by atoms with van der Waals surface area (Å²) in [4.78, 5) is 38.4. The van der Waals surface area contributed by atoms with E-state index < -0.39 is 30.1 Å². The van der Waals surface area contributed by atoms with Gasteiger partial charge in [-0.05, 0) is 30.0 Å². The zero-order valence-electron chi connectivity index (χ0n) is 16.3. The van der Waals surface area contributed by atoms with E-state index in [0.717, 1.165) is 15.6 Å². The van der Waals surface area contributed by atoms with Gasteiger partial charge in [0.1, 0.15) is 18.7 Å². The predicted molar refractivity (Wildman–Crippen MR) is 114 cm³/mol. The highest BCUT2D eigenvalue weighted by atomic mass is 79.9. The molecule has 0 unspecified atom stereocenters. The van der Waals surface area contributed by atoms with Crippen molar-refractivity contribution in [1.29, 1.82) is 0 Å². The first-order chi connectivity index (χ1) is 14.5. The lowest BCUT2D eigenvalue weighted by atomic mass is 10.1. The third-order valence-corrected chi connectivity index (χ3v) is 5.77. The fraction of sp³-hybridized carbons (Fsp3) is 0.318. The summed E-state index contributed by atoms with van der Waals surface area (Å²) < 4.78 is 6.12. The number of carboxylic acids is 1. The van der Waals surface area contributed by atoms with Crippen LogP contribution in [0.3, 0.4) is 0 Å². The molecule has 2 atom stereocenters. The van der Waals surface area contributed by atoms with Crippen molar-refractivity contribution in [2.75, 3.05) is 6.54 Å². The van der Waals surface area contributed by atoms with Crippen LogP contribution in [0.4, 0.5) is 4.79 Å². The van der Waals surface area contributed by atoms with Crippen LogP contribution in [0.5, 0.6) is 0 Å². The molecular formula is C22H23BrN2O5. The van der Waals surface area contributed by atoms with Crippen molar-refractivity contribution in [2.45, 2.75) is 38.0 Å². The van der Waals surface area contributed by atoms with E-state index in [1.165, 1.54) is 4.90 Å². The third-order valence-electron chi connectivity index (χ3n) is 4.99. The summed E-state index contributed by atoms with van der Waals surface area (Å²) in [5.74, 6) is -1.61. The number of benzene rings is 2. The van der Waals surface area contributed by atoms with Gasteiger partial charge in [-0.2, -0.15) is 0 Å². The molecule has 8 heteroatoms. The van der Waals surface area contributed by atoms with Gasteiger partial charge in [0.25, 0.3) is 0 Å². The first kappa shape index (κ1) is 21.8. The van der Waals surface area contributed by atoms with Gasteiger partial charge >= 0.3 is 12.1 Å². The maximum absolute atomic E-state index is 12.8. The molecule has 158 valence electrons. The molecule has 0 bridgehead atoms. The Kier molecular flexibility index (Phi) is 7.46. The predicted octanol–water partition coefficient (Wildman–Crippen LogP) is 3.36. The molecule has 2 aromatic rings. The van der Waals surface area contributed by atoms with E-state index in [1.54, 1.807) is 6.07 Å². The lowest BCUT2D eigenvalue weighted by Gasteiger charge is -2.25. The maximum Gasteiger partial charge on any atom is 0.410 e. The summed E-state index contributed by atoms with van der Waals surface area (Å²) in [5, 5.41) is 12.2. The number of ether oxygens (including phenoxy) is 1. The summed E-state index contributed by atoms with van der Waals surface area (Å²) in [6.07, 6.45) is 0.677. The van der Waals surface area contributed by atoms with Crippen molar-refractivity contribution in [1.82, 2.24) is 10.2 Å². The molecule has 1 aliphatic heterocycles. The number of carbonyl (C=O) groups excluding carboxylic acids is 2. The van der Waals surface area contributed by atoms with E-state index in [-0.39, 0.29) is 13.0 Å². The van der Waals surface area contributed by atoms with Crippen LogP contribution in [0.1, 0.15) is 24.0 Å². The molecule has 3 rings (SSSR count). The highest BCUT2D eigenvalue weighted by Gasteiger charge is 2.36. The molecule has 7 nitrogen and oxygen atoms in total. The minimum atomic E-state index is -1.13. The number of hydrogen-bond donors (Lipinski definition) is 2. The molecule has 0 radical (unpaired) electrons. The normalized spacial score (nSPS) is 16.7. The number of rotatable bonds is 7. The zero-order chi connectivity index (χ0) is 21.5. The van der Waals surface area contributed by atoms with Crippen molar-refractivity contribution in [3.63, 3.8) is 0 Å². The molecule has 1 saturated heterocycles. The smallest absolute Gasteiger partial charge is 0.410 e. The standard InChI is InChI=1S/C22H23BrN2O5/c23-17-10-5-4-9-16(17)13-18(21(27)28)24-20(26)19-11-6-12-25(19)22(29)30-14-15-7-2-1-3-8-15/h1-5,7-10,18-19H,6,11-14H2,(H,24,26)(H,27,28)/t18-,19+/m0/s1. The highest BCUT2D eigenvalue weighted by molar-refractivity contribution is 9.10. The van der Waals surface area contributed by atoms with Crippen LogP contribution < -0.4 is 5.32 Å². The van der Waals surface area contributed by atoms with E-state index in [9.17, 15) is 19.5 Å². The number of nitrogens with one attached hydrogen (secondary N) is 1. The first-order valence-corrected chi connectivity index (χ1v) is 10.5. The van der Waals surface area contributed by atoms with Gasteiger partial charge in [-0.15, -0.1) is 0 Å². The average Bonchev–Trinajstić information content (AvgIpc) is 3.24. The van der Waals surface area contributed by atoms with Gasteiger partial charge in [0.2, 0.25) is 5.91 Å². The van der Waals surface area contributed by atoms with E-state index >= 15 is 0 Å². The van der Waals surface area contributed by atoms with Crippen LogP contribution in [0.25, 0.3) is 0 Å². The largest absolute Gasteiger partial charge is 0.480 e. The summed E-state index contributed by atoms with van der Waals surface area (Å²) in [6.45, 7) is 0.512. The van der Waals surface area contributed by atoms with E-state index in [4.69, 9.17) is 4.74 Å². The molecule has 0 aromatic heterocycles. The number of amides is 2. The van der Waals surface area contributed by atoms with Crippen LogP contribution >= 0.6 is 15.9 Å².